The van der Waals surface area contributed by atoms with Crippen LogP contribution in [0.1, 0.15) is 13.8 Å². The molecule has 214 valence electrons. The van der Waals surface area contributed by atoms with Crippen LogP contribution in [-0.4, -0.2) is 60.5 Å². The van der Waals surface area contributed by atoms with Gasteiger partial charge in [0, 0.05) is 24.4 Å². The molecule has 18 heteroatoms. The van der Waals surface area contributed by atoms with Crippen molar-refractivity contribution in [2.24, 2.45) is 0 Å². The first-order chi connectivity index (χ1) is 18.8. The maximum absolute atomic E-state index is 14.7. The number of hydrogen-bond acceptors (Lipinski definition) is 13. The molecule has 0 atom stereocenters. The molecule has 0 bridgehead atoms. The van der Waals surface area contributed by atoms with E-state index in [1.165, 1.54) is 47.3 Å². The van der Waals surface area contributed by atoms with Gasteiger partial charge in [0.2, 0.25) is 11.7 Å². The number of fused-ring (bicyclic) bond motifs is 1. The minimum absolute atomic E-state index is 0. The number of rotatable bonds is 10. The molecule has 0 aliphatic carbocycles. The Balaban J connectivity index is 0.00000308. The Bertz CT molecular complexity index is 1470. The zero-order chi connectivity index (χ0) is 29.2. The van der Waals surface area contributed by atoms with Crippen LogP contribution in [0, 0.1) is 5.82 Å². The number of aromatic nitrogens is 3. The Kier molecular flexibility index (Phi) is 12.4. The standard InChI is InChI=1S/C24H28FN6O8P.2Na/c1-24(2)22(32)31(8-9-40(33,34)35)21-15(39-24)6-7-18(29-21)28-20-14(25)12-26-23(30-20)27-13-10-16(36-3)19(38-5)17(11-13)37-4;;/h6-7,10-12H,8-9H2,1-5H3,(H2,33,34,35)(H2,26,27,28,29,30);;/q;2*+1/p-2. The van der Waals surface area contributed by atoms with Crippen LogP contribution in [0.3, 0.4) is 0 Å². The summed E-state index contributed by atoms with van der Waals surface area (Å²) in [5.74, 6) is -0.315. The van der Waals surface area contributed by atoms with Crippen molar-refractivity contribution in [3.05, 3.63) is 36.3 Å². The fourth-order valence-electron chi connectivity index (χ4n) is 3.87. The van der Waals surface area contributed by atoms with Crippen LogP contribution in [0.4, 0.5) is 33.5 Å². The molecule has 0 saturated heterocycles. The van der Waals surface area contributed by atoms with E-state index in [1.54, 1.807) is 12.1 Å². The van der Waals surface area contributed by atoms with Crippen LogP contribution >= 0.6 is 7.60 Å². The third kappa shape index (κ3) is 8.24. The molecule has 0 fully saturated rings. The van der Waals surface area contributed by atoms with E-state index in [0.717, 1.165) is 11.1 Å². The van der Waals surface area contributed by atoms with Crippen LogP contribution in [0.2, 0.25) is 0 Å². The van der Waals surface area contributed by atoms with Gasteiger partial charge in [0.05, 0.1) is 27.5 Å². The SMILES string of the molecule is COc1cc(Nc2ncc(F)c(Nc3ccc4c(n3)N(CCP(=O)([O-])[O-])C(=O)C(C)(C)O4)n2)cc(OC)c1OC.[Na+].[Na+]. The van der Waals surface area contributed by atoms with Gasteiger partial charge in [-0.05, 0) is 32.1 Å². The average molecular weight is 622 g/mol. The third-order valence-corrected chi connectivity index (χ3v) is 6.48. The number of anilines is 5. The number of nitrogens with one attached hydrogen (secondary N) is 2. The Morgan fingerprint density at radius 2 is 1.69 bits per heavy atom. The molecule has 14 nitrogen and oxygen atoms in total. The van der Waals surface area contributed by atoms with Gasteiger partial charge in [-0.15, -0.1) is 0 Å². The summed E-state index contributed by atoms with van der Waals surface area (Å²) < 4.78 is 47.6. The van der Waals surface area contributed by atoms with Gasteiger partial charge in [0.15, 0.2) is 40.3 Å². The number of benzene rings is 1. The fraction of sp³-hybridized carbons (Fsp3) is 0.333. The van der Waals surface area contributed by atoms with Crippen molar-refractivity contribution in [3.8, 4) is 23.0 Å². The first-order valence-corrected chi connectivity index (χ1v) is 13.5. The zero-order valence-electron chi connectivity index (χ0n) is 24.2. The minimum Gasteiger partial charge on any atom is -0.811 e. The number of pyridine rings is 1. The number of ether oxygens (including phenoxy) is 4. The van der Waals surface area contributed by atoms with Gasteiger partial charge in [-0.2, -0.15) is 4.98 Å². The number of nitrogens with zero attached hydrogens (tertiary/aromatic N) is 4. The van der Waals surface area contributed by atoms with Crippen LogP contribution in [0.15, 0.2) is 30.5 Å². The second-order valence-electron chi connectivity index (χ2n) is 8.98. The molecular weight excluding hydrogens is 596 g/mol. The number of carbonyl (C=O) groups excluding carboxylic acids is 1. The summed E-state index contributed by atoms with van der Waals surface area (Å²) in [5, 5.41) is 5.66. The summed E-state index contributed by atoms with van der Waals surface area (Å²) in [4.78, 5) is 48.9. The number of halogens is 1. The number of hydrogen-bond donors (Lipinski definition) is 2. The molecule has 3 heterocycles. The Hall–Kier alpha value is -2.20. The quantitative estimate of drug-likeness (QED) is 0.165. The molecule has 0 spiro atoms. The van der Waals surface area contributed by atoms with Crippen molar-refractivity contribution in [1.82, 2.24) is 15.0 Å². The second kappa shape index (κ2) is 14.5. The average Bonchev–Trinajstić information content (AvgIpc) is 2.89. The molecule has 2 N–H and O–H groups in total. The summed E-state index contributed by atoms with van der Waals surface area (Å²) in [7, 11) is -0.516. The molecule has 1 aromatic carbocycles. The van der Waals surface area contributed by atoms with Gasteiger partial charge in [0.1, 0.15) is 5.82 Å². The van der Waals surface area contributed by atoms with E-state index in [2.05, 4.69) is 25.6 Å². The normalized spacial score (nSPS) is 13.5. The maximum Gasteiger partial charge on any atom is 1.00 e. The van der Waals surface area contributed by atoms with Crippen molar-refractivity contribution in [3.63, 3.8) is 0 Å². The topological polar surface area (TPSA) is 183 Å². The molecule has 3 aromatic rings. The van der Waals surface area contributed by atoms with Gasteiger partial charge in [-0.1, -0.05) is 7.60 Å². The van der Waals surface area contributed by atoms with Crippen molar-refractivity contribution < 1.29 is 102 Å². The van der Waals surface area contributed by atoms with Crippen LogP contribution in [0.5, 0.6) is 23.0 Å². The van der Waals surface area contributed by atoms with Gasteiger partial charge in [-0.25, -0.2) is 14.4 Å². The van der Waals surface area contributed by atoms with Gasteiger partial charge in [0.25, 0.3) is 5.91 Å². The van der Waals surface area contributed by atoms with E-state index in [-0.39, 0.29) is 88.3 Å². The molecule has 0 radical (unpaired) electrons. The van der Waals surface area contributed by atoms with Gasteiger partial charge < -0.3 is 43.9 Å². The Morgan fingerprint density at radius 3 is 2.26 bits per heavy atom. The third-order valence-electron chi connectivity index (χ3n) is 5.73. The summed E-state index contributed by atoms with van der Waals surface area (Å²) in [5.41, 5.74) is -0.868. The van der Waals surface area contributed by atoms with Crippen molar-refractivity contribution >= 4 is 42.6 Å². The Morgan fingerprint density at radius 1 is 1.05 bits per heavy atom. The van der Waals surface area contributed by atoms with Crippen LogP contribution in [-0.2, 0) is 9.36 Å². The van der Waals surface area contributed by atoms with E-state index in [0.29, 0.717) is 22.9 Å². The van der Waals surface area contributed by atoms with E-state index >= 15 is 0 Å². The summed E-state index contributed by atoms with van der Waals surface area (Å²) in [6, 6.07) is 6.17. The maximum atomic E-state index is 14.7. The van der Waals surface area contributed by atoms with E-state index in [4.69, 9.17) is 18.9 Å². The molecule has 0 saturated carbocycles. The van der Waals surface area contributed by atoms with Crippen molar-refractivity contribution in [2.45, 2.75) is 19.4 Å². The molecule has 0 unspecified atom stereocenters. The molecule has 2 aromatic heterocycles. The molecule has 42 heavy (non-hydrogen) atoms. The van der Waals surface area contributed by atoms with Crippen molar-refractivity contribution in [1.29, 1.82) is 0 Å². The zero-order valence-corrected chi connectivity index (χ0v) is 29.1. The van der Waals surface area contributed by atoms with Crippen molar-refractivity contribution in [2.75, 3.05) is 49.6 Å². The van der Waals surface area contributed by atoms with Gasteiger partial charge in [-0.3, -0.25) is 9.69 Å². The predicted molar refractivity (Wildman–Crippen MR) is 138 cm³/mol. The number of amides is 1. The van der Waals surface area contributed by atoms with Crippen LogP contribution < -0.4 is 103 Å². The summed E-state index contributed by atoms with van der Waals surface area (Å²) >= 11 is 0. The number of carbonyl (C=O) groups is 1. The predicted octanol–water partition coefficient (Wildman–Crippen LogP) is -4.05. The Labute approximate surface area is 285 Å². The first-order valence-electron chi connectivity index (χ1n) is 11.7. The smallest absolute Gasteiger partial charge is 0.811 e. The molecular formula is C24H26FN6Na2O8P. The molecule has 1 amide bonds. The monoisotopic (exact) mass is 622 g/mol. The van der Waals surface area contributed by atoms with E-state index in [1.807, 2.05) is 0 Å². The summed E-state index contributed by atoms with van der Waals surface area (Å²) in [6.07, 6.45) is 0.139. The molecule has 4 rings (SSSR count). The molecule has 1 aliphatic rings. The van der Waals surface area contributed by atoms with Crippen LogP contribution in [0.25, 0.3) is 0 Å². The first kappa shape index (κ1) is 36.0. The molecule has 1 aliphatic heterocycles. The van der Waals surface area contributed by atoms with E-state index < -0.39 is 37.6 Å². The summed E-state index contributed by atoms with van der Waals surface area (Å²) in [6.45, 7) is 2.58. The minimum atomic E-state index is -4.91. The van der Waals surface area contributed by atoms with E-state index in [9.17, 15) is 23.5 Å². The second-order valence-corrected chi connectivity index (χ2v) is 10.6. The van der Waals surface area contributed by atoms with Gasteiger partial charge >= 0.3 is 59.1 Å². The fourth-order valence-corrected chi connectivity index (χ4v) is 4.31. The number of methoxy groups -OCH3 is 3. The largest absolute Gasteiger partial charge is 1.00 e.